The molecule has 0 aliphatic rings. The van der Waals surface area contributed by atoms with Gasteiger partial charge in [0.1, 0.15) is 5.02 Å². The van der Waals surface area contributed by atoms with Gasteiger partial charge in [-0.3, -0.25) is 14.7 Å². The molecule has 1 rings (SSSR count). The predicted molar refractivity (Wildman–Crippen MR) is 52.7 cm³/mol. The van der Waals surface area contributed by atoms with Gasteiger partial charge in [0.05, 0.1) is 9.82 Å². The Morgan fingerprint density at radius 2 is 2.00 bits per heavy atom. The third-order valence-corrected chi connectivity index (χ3v) is 3.02. The standard InChI is InChI=1S/C7H6ClNO5S/c1-4-2-6(9(10)11)5(8)3-7(4)15(12,13)14/h2-3H,1H3,(H,12,13,14). The van der Waals surface area contributed by atoms with Crippen LogP contribution in [0.1, 0.15) is 5.56 Å². The molecule has 0 spiro atoms. The molecule has 0 aliphatic heterocycles. The van der Waals surface area contributed by atoms with Crippen LogP contribution in [0.5, 0.6) is 0 Å². The van der Waals surface area contributed by atoms with E-state index >= 15 is 0 Å². The summed E-state index contributed by atoms with van der Waals surface area (Å²) in [5.41, 5.74) is -0.338. The van der Waals surface area contributed by atoms with Crippen molar-refractivity contribution in [2.75, 3.05) is 0 Å². The average molecular weight is 252 g/mol. The molecule has 0 unspecified atom stereocenters. The Balaban J connectivity index is 3.52. The van der Waals surface area contributed by atoms with Gasteiger partial charge in [-0.1, -0.05) is 11.6 Å². The number of nitro benzene ring substituents is 1. The summed E-state index contributed by atoms with van der Waals surface area (Å²) in [4.78, 5) is 9.28. The molecule has 15 heavy (non-hydrogen) atoms. The molecular weight excluding hydrogens is 246 g/mol. The van der Waals surface area contributed by atoms with Gasteiger partial charge in [-0.15, -0.1) is 0 Å². The first-order chi connectivity index (χ1) is 6.73. The maximum atomic E-state index is 10.8. The number of hydrogen-bond donors (Lipinski definition) is 1. The molecule has 0 amide bonds. The Labute approximate surface area is 90.4 Å². The van der Waals surface area contributed by atoms with Crippen LogP contribution in [0.15, 0.2) is 17.0 Å². The van der Waals surface area contributed by atoms with Gasteiger partial charge in [0.15, 0.2) is 0 Å². The maximum Gasteiger partial charge on any atom is 0.294 e. The lowest BCUT2D eigenvalue weighted by atomic mass is 10.2. The number of aryl methyl sites for hydroxylation is 1. The quantitative estimate of drug-likeness (QED) is 0.491. The monoisotopic (exact) mass is 251 g/mol. The van der Waals surface area contributed by atoms with Crippen LogP contribution in [0.25, 0.3) is 0 Å². The fourth-order valence-electron chi connectivity index (χ4n) is 1.07. The molecule has 1 N–H and O–H groups in total. The summed E-state index contributed by atoms with van der Waals surface area (Å²) < 4.78 is 30.4. The summed E-state index contributed by atoms with van der Waals surface area (Å²) in [5, 5.41) is 10.1. The van der Waals surface area contributed by atoms with E-state index < -0.39 is 25.6 Å². The second-order valence-corrected chi connectivity index (χ2v) is 4.60. The van der Waals surface area contributed by atoms with Crippen molar-refractivity contribution in [3.05, 3.63) is 32.8 Å². The lowest BCUT2D eigenvalue weighted by Crippen LogP contribution is -2.02. The van der Waals surface area contributed by atoms with Crippen molar-refractivity contribution in [3.63, 3.8) is 0 Å². The lowest BCUT2D eigenvalue weighted by Gasteiger charge is -2.03. The van der Waals surface area contributed by atoms with Crippen molar-refractivity contribution in [1.29, 1.82) is 0 Å². The minimum absolute atomic E-state index is 0.0635. The number of rotatable bonds is 2. The van der Waals surface area contributed by atoms with Gasteiger partial charge >= 0.3 is 0 Å². The zero-order valence-electron chi connectivity index (χ0n) is 7.47. The Bertz CT molecular complexity index is 524. The molecule has 0 heterocycles. The van der Waals surface area contributed by atoms with Gasteiger partial charge in [0, 0.05) is 6.07 Å². The van der Waals surface area contributed by atoms with Crippen molar-refractivity contribution in [3.8, 4) is 0 Å². The van der Waals surface area contributed by atoms with E-state index in [1.165, 1.54) is 6.92 Å². The minimum Gasteiger partial charge on any atom is -0.282 e. The van der Waals surface area contributed by atoms with Crippen molar-refractivity contribution >= 4 is 27.4 Å². The molecule has 82 valence electrons. The summed E-state index contributed by atoms with van der Waals surface area (Å²) >= 11 is 5.49. The largest absolute Gasteiger partial charge is 0.294 e. The van der Waals surface area contributed by atoms with Crippen LogP contribution in [-0.2, 0) is 10.1 Å². The van der Waals surface area contributed by atoms with Crippen molar-refractivity contribution in [1.82, 2.24) is 0 Å². The van der Waals surface area contributed by atoms with Crippen LogP contribution in [0.3, 0.4) is 0 Å². The topological polar surface area (TPSA) is 97.5 Å². The van der Waals surface area contributed by atoms with Gasteiger partial charge in [-0.25, -0.2) is 0 Å². The maximum absolute atomic E-state index is 10.8. The van der Waals surface area contributed by atoms with Gasteiger partial charge < -0.3 is 0 Å². The molecule has 1 aromatic rings. The smallest absolute Gasteiger partial charge is 0.282 e. The molecule has 0 atom stereocenters. The van der Waals surface area contributed by atoms with E-state index in [9.17, 15) is 18.5 Å². The van der Waals surface area contributed by atoms with E-state index in [0.717, 1.165) is 12.1 Å². The lowest BCUT2D eigenvalue weighted by molar-refractivity contribution is -0.384. The number of benzene rings is 1. The molecule has 0 fully saturated rings. The summed E-state index contributed by atoms with van der Waals surface area (Å²) in [6.45, 7) is 1.33. The molecule has 1 aromatic carbocycles. The molecule has 0 saturated carbocycles. The van der Waals surface area contributed by atoms with Crippen molar-refractivity contribution in [2.24, 2.45) is 0 Å². The Morgan fingerprint density at radius 3 is 2.40 bits per heavy atom. The Hall–Kier alpha value is -1.18. The van der Waals surface area contributed by atoms with Gasteiger partial charge in [0.25, 0.3) is 15.8 Å². The highest BCUT2D eigenvalue weighted by atomic mass is 35.5. The number of hydrogen-bond acceptors (Lipinski definition) is 4. The van der Waals surface area contributed by atoms with E-state index in [2.05, 4.69) is 0 Å². The number of nitro groups is 1. The second kappa shape index (κ2) is 3.76. The third kappa shape index (κ3) is 2.44. The van der Waals surface area contributed by atoms with Gasteiger partial charge in [0.2, 0.25) is 0 Å². The number of nitrogens with zero attached hydrogens (tertiary/aromatic N) is 1. The summed E-state index contributed by atoms with van der Waals surface area (Å²) in [6, 6.07) is 1.84. The molecule has 0 radical (unpaired) electrons. The predicted octanol–water partition coefficient (Wildman–Crippen LogP) is 1.80. The van der Waals surface area contributed by atoms with Crippen molar-refractivity contribution < 1.29 is 17.9 Å². The van der Waals surface area contributed by atoms with Gasteiger partial charge in [-0.05, 0) is 18.6 Å². The fourth-order valence-corrected chi connectivity index (χ4v) is 2.10. The highest BCUT2D eigenvalue weighted by molar-refractivity contribution is 7.85. The molecule has 6 nitrogen and oxygen atoms in total. The summed E-state index contributed by atoms with van der Waals surface area (Å²) in [7, 11) is -4.41. The molecule has 0 aliphatic carbocycles. The van der Waals surface area contributed by atoms with Crippen LogP contribution >= 0.6 is 11.6 Å². The van der Waals surface area contributed by atoms with Crippen LogP contribution in [0, 0.1) is 17.0 Å². The fraction of sp³-hybridized carbons (Fsp3) is 0.143. The highest BCUT2D eigenvalue weighted by Gasteiger charge is 2.20. The van der Waals surface area contributed by atoms with E-state index in [-0.39, 0.29) is 10.6 Å². The van der Waals surface area contributed by atoms with E-state index in [4.69, 9.17) is 16.2 Å². The first-order valence-electron chi connectivity index (χ1n) is 3.65. The van der Waals surface area contributed by atoms with Gasteiger partial charge in [-0.2, -0.15) is 8.42 Å². The zero-order chi connectivity index (χ0) is 11.8. The first kappa shape index (κ1) is 11.9. The second-order valence-electron chi connectivity index (χ2n) is 2.80. The minimum atomic E-state index is -4.41. The Morgan fingerprint density at radius 1 is 1.47 bits per heavy atom. The van der Waals surface area contributed by atoms with Crippen LogP contribution in [-0.4, -0.2) is 17.9 Å². The molecular formula is C7H6ClNO5S. The third-order valence-electron chi connectivity index (χ3n) is 1.72. The summed E-state index contributed by atoms with van der Waals surface area (Å²) in [6.07, 6.45) is 0. The van der Waals surface area contributed by atoms with E-state index in [0.29, 0.717) is 0 Å². The summed E-state index contributed by atoms with van der Waals surface area (Å²) in [5.74, 6) is 0. The van der Waals surface area contributed by atoms with Crippen molar-refractivity contribution in [2.45, 2.75) is 11.8 Å². The van der Waals surface area contributed by atoms with Crippen LogP contribution < -0.4 is 0 Å². The van der Waals surface area contributed by atoms with Crippen LogP contribution in [0.2, 0.25) is 5.02 Å². The number of halogens is 1. The first-order valence-corrected chi connectivity index (χ1v) is 5.47. The average Bonchev–Trinajstić information content (AvgIpc) is 2.06. The zero-order valence-corrected chi connectivity index (χ0v) is 9.04. The molecule has 0 bridgehead atoms. The van der Waals surface area contributed by atoms with E-state index in [1.54, 1.807) is 0 Å². The Kier molecular flexibility index (Phi) is 2.98. The molecule has 8 heteroatoms. The van der Waals surface area contributed by atoms with E-state index in [1.807, 2.05) is 0 Å². The molecule has 0 saturated heterocycles. The SMILES string of the molecule is Cc1cc([N+](=O)[O-])c(Cl)cc1S(=O)(=O)O. The normalized spacial score (nSPS) is 11.4. The highest BCUT2D eigenvalue weighted by Crippen LogP contribution is 2.29. The molecule has 0 aromatic heterocycles. The van der Waals surface area contributed by atoms with Crippen LogP contribution in [0.4, 0.5) is 5.69 Å².